The maximum Gasteiger partial charge on any atom is 0.366 e. The second-order valence-electron chi connectivity index (χ2n) is 10.3. The summed E-state index contributed by atoms with van der Waals surface area (Å²) in [5.74, 6) is -1.26. The van der Waals surface area contributed by atoms with Crippen molar-refractivity contribution < 1.29 is 24.3 Å². The number of nitrogens with one attached hydrogen (secondary N) is 1. The van der Waals surface area contributed by atoms with E-state index in [0.717, 1.165) is 23.8 Å². The Morgan fingerprint density at radius 1 is 1.03 bits per heavy atom. The van der Waals surface area contributed by atoms with Crippen LogP contribution in [-0.2, 0) is 9.63 Å². The first-order valence-electron chi connectivity index (χ1n) is 11.5. The van der Waals surface area contributed by atoms with Crippen molar-refractivity contribution in [2.24, 2.45) is 21.4 Å². The fourth-order valence-corrected chi connectivity index (χ4v) is 5.70. The molecule has 2 unspecified atom stereocenters. The molecule has 1 N–H and O–H groups in total. The van der Waals surface area contributed by atoms with Gasteiger partial charge in [0.2, 0.25) is 5.91 Å². The second-order valence-corrected chi connectivity index (χ2v) is 10.7. The van der Waals surface area contributed by atoms with Crippen LogP contribution in [0.15, 0.2) is 41.6 Å². The number of hydrogen-bond donors (Lipinski definition) is 1. The van der Waals surface area contributed by atoms with Crippen molar-refractivity contribution in [3.8, 4) is 0 Å². The third-order valence-corrected chi connectivity index (χ3v) is 8.80. The van der Waals surface area contributed by atoms with Crippen LogP contribution in [0.1, 0.15) is 56.0 Å². The van der Waals surface area contributed by atoms with Crippen LogP contribution < -0.4 is 5.32 Å². The molecule has 2 aliphatic carbocycles. The molecule has 2 fully saturated rings. The molecule has 2 aromatic carbocycles. The molecular formula is C25H25ClN4O7. The summed E-state index contributed by atoms with van der Waals surface area (Å²) in [6.07, 6.45) is 1.47. The van der Waals surface area contributed by atoms with Gasteiger partial charge in [0.1, 0.15) is 0 Å². The van der Waals surface area contributed by atoms with E-state index in [4.69, 9.17) is 16.4 Å². The van der Waals surface area contributed by atoms with E-state index in [1.807, 2.05) is 33.8 Å². The van der Waals surface area contributed by atoms with Crippen molar-refractivity contribution in [2.75, 3.05) is 5.32 Å². The van der Waals surface area contributed by atoms with Crippen LogP contribution >= 0.6 is 11.6 Å². The number of non-ortho nitro benzene ring substituents is 2. The number of oxime groups is 1. The predicted octanol–water partition coefficient (Wildman–Crippen LogP) is 5.83. The van der Waals surface area contributed by atoms with Crippen LogP contribution in [-0.4, -0.2) is 27.4 Å². The number of rotatable bonds is 6. The number of hydrogen-bond acceptors (Lipinski definition) is 8. The average molecular weight is 529 g/mol. The summed E-state index contributed by atoms with van der Waals surface area (Å²) in [5, 5.41) is 29.9. The van der Waals surface area contributed by atoms with E-state index >= 15 is 0 Å². The van der Waals surface area contributed by atoms with E-state index in [0.29, 0.717) is 29.3 Å². The molecule has 0 spiro atoms. The van der Waals surface area contributed by atoms with Gasteiger partial charge in [-0.2, -0.15) is 0 Å². The Labute approximate surface area is 217 Å². The first kappa shape index (κ1) is 26.2. The van der Waals surface area contributed by atoms with E-state index in [1.54, 1.807) is 12.1 Å². The Hall–Kier alpha value is -3.86. The molecule has 11 nitrogen and oxygen atoms in total. The van der Waals surface area contributed by atoms with Crippen LogP contribution in [0, 0.1) is 43.4 Å². The largest absolute Gasteiger partial charge is 0.366 e. The number of benzene rings is 2. The molecule has 4 rings (SSSR count). The van der Waals surface area contributed by atoms with Crippen molar-refractivity contribution >= 4 is 46.3 Å². The lowest BCUT2D eigenvalue weighted by Crippen LogP contribution is -2.43. The van der Waals surface area contributed by atoms with Crippen LogP contribution in [0.5, 0.6) is 0 Å². The molecule has 2 atom stereocenters. The number of halogens is 1. The quantitative estimate of drug-likeness (QED) is 0.281. The lowest BCUT2D eigenvalue weighted by Gasteiger charge is -2.39. The van der Waals surface area contributed by atoms with Gasteiger partial charge in [0.05, 0.1) is 32.6 Å². The highest BCUT2D eigenvalue weighted by Crippen LogP contribution is 2.71. The first-order valence-corrected chi connectivity index (χ1v) is 11.9. The van der Waals surface area contributed by atoms with E-state index in [1.165, 1.54) is 0 Å². The van der Waals surface area contributed by atoms with Gasteiger partial charge in [-0.1, -0.05) is 43.6 Å². The van der Waals surface area contributed by atoms with Crippen LogP contribution in [0.2, 0.25) is 5.02 Å². The summed E-state index contributed by atoms with van der Waals surface area (Å²) < 4.78 is 0. The molecule has 194 valence electrons. The Morgan fingerprint density at radius 3 is 2.22 bits per heavy atom. The Balaban J connectivity index is 1.61. The molecule has 2 aliphatic rings. The number of nitro groups is 2. The molecule has 37 heavy (non-hydrogen) atoms. The number of nitrogens with zero attached hydrogens (tertiary/aromatic N) is 3. The van der Waals surface area contributed by atoms with E-state index in [9.17, 15) is 29.8 Å². The van der Waals surface area contributed by atoms with Gasteiger partial charge in [-0.05, 0) is 42.9 Å². The summed E-state index contributed by atoms with van der Waals surface area (Å²) in [4.78, 5) is 52.0. The SMILES string of the molecule is Cc1ccc(NC(=O)C23CCC(C)(C(=NOC(=O)c4cc([N+](=O)[O-])cc([N+](=O)[O-])c4)C2)C3(C)C)cc1Cl. The lowest BCUT2D eigenvalue weighted by atomic mass is 9.64. The molecule has 2 saturated carbocycles. The van der Waals surface area contributed by atoms with Gasteiger partial charge in [0.25, 0.3) is 11.4 Å². The maximum atomic E-state index is 13.6. The summed E-state index contributed by atoms with van der Waals surface area (Å²) in [7, 11) is 0. The van der Waals surface area contributed by atoms with Crippen LogP contribution in [0.25, 0.3) is 0 Å². The highest BCUT2D eigenvalue weighted by atomic mass is 35.5. The zero-order valence-corrected chi connectivity index (χ0v) is 21.4. The molecule has 2 aromatic rings. The minimum atomic E-state index is -1.07. The molecule has 0 heterocycles. The topological polar surface area (TPSA) is 154 Å². The maximum absolute atomic E-state index is 13.6. The number of aryl methyl sites for hydroxylation is 1. The summed E-state index contributed by atoms with van der Waals surface area (Å²) in [6.45, 7) is 7.79. The molecule has 0 saturated heterocycles. The van der Waals surface area contributed by atoms with Gasteiger partial charge < -0.3 is 10.2 Å². The zero-order chi connectivity index (χ0) is 27.3. The Kier molecular flexibility index (Phi) is 6.31. The second kappa shape index (κ2) is 8.91. The minimum Gasteiger partial charge on any atom is -0.326 e. The zero-order valence-electron chi connectivity index (χ0n) is 20.7. The van der Waals surface area contributed by atoms with E-state index in [-0.39, 0.29) is 17.9 Å². The third-order valence-electron chi connectivity index (χ3n) is 8.40. The van der Waals surface area contributed by atoms with Gasteiger partial charge in [0.15, 0.2) is 0 Å². The van der Waals surface area contributed by atoms with Crippen molar-refractivity contribution in [3.63, 3.8) is 0 Å². The highest BCUT2D eigenvalue weighted by molar-refractivity contribution is 6.31. The minimum absolute atomic E-state index is 0.188. The number of amides is 1. The van der Waals surface area contributed by atoms with E-state index in [2.05, 4.69) is 10.5 Å². The molecule has 12 heteroatoms. The lowest BCUT2D eigenvalue weighted by molar-refractivity contribution is -0.394. The van der Waals surface area contributed by atoms with Gasteiger partial charge in [-0.15, -0.1) is 0 Å². The summed E-state index contributed by atoms with van der Waals surface area (Å²) in [6, 6.07) is 7.83. The van der Waals surface area contributed by atoms with Gasteiger partial charge in [0, 0.05) is 34.7 Å². The number of anilines is 1. The van der Waals surface area contributed by atoms with Crippen molar-refractivity contribution in [3.05, 3.63) is 72.8 Å². The van der Waals surface area contributed by atoms with Crippen LogP contribution in [0.3, 0.4) is 0 Å². The predicted molar refractivity (Wildman–Crippen MR) is 136 cm³/mol. The van der Waals surface area contributed by atoms with Crippen LogP contribution in [0.4, 0.5) is 17.1 Å². The number of nitro benzene ring substituents is 2. The molecule has 0 radical (unpaired) electrons. The summed E-state index contributed by atoms with van der Waals surface area (Å²) in [5.41, 5.74) is -1.58. The van der Waals surface area contributed by atoms with Crippen molar-refractivity contribution in [1.82, 2.24) is 0 Å². The molecule has 0 aliphatic heterocycles. The Bertz CT molecular complexity index is 1360. The number of carbonyl (C=O) groups is 2. The normalized spacial score (nSPS) is 24.6. The smallest absolute Gasteiger partial charge is 0.326 e. The van der Waals surface area contributed by atoms with Gasteiger partial charge in [-0.3, -0.25) is 25.0 Å². The molecule has 0 aromatic heterocycles. The van der Waals surface area contributed by atoms with Gasteiger partial charge in [-0.25, -0.2) is 4.79 Å². The number of fused-ring (bicyclic) bond motifs is 2. The first-order chi connectivity index (χ1) is 17.2. The molecular weight excluding hydrogens is 504 g/mol. The Morgan fingerprint density at radius 2 is 1.65 bits per heavy atom. The molecule has 2 bridgehead atoms. The highest BCUT2D eigenvalue weighted by Gasteiger charge is 2.71. The average Bonchev–Trinajstić information content (AvgIpc) is 3.15. The van der Waals surface area contributed by atoms with Crippen molar-refractivity contribution in [1.29, 1.82) is 0 Å². The summed E-state index contributed by atoms with van der Waals surface area (Å²) >= 11 is 6.22. The number of carbonyl (C=O) groups excluding carboxylic acids is 2. The fourth-order valence-electron chi connectivity index (χ4n) is 5.52. The standard InChI is InChI=1S/C25H25ClN4O7/c1-14-5-6-16(11-19(14)26)27-22(32)25-8-7-24(4,23(25,2)3)20(13-25)28-37-21(31)15-9-17(29(33)34)12-18(10-15)30(35)36/h5-6,9-12H,7-8,13H2,1-4H3,(H,27,32). The monoisotopic (exact) mass is 528 g/mol. The fraction of sp³-hybridized carbons (Fsp3) is 0.400. The third kappa shape index (κ3) is 4.12. The van der Waals surface area contributed by atoms with Gasteiger partial charge >= 0.3 is 5.97 Å². The van der Waals surface area contributed by atoms with Crippen molar-refractivity contribution in [2.45, 2.75) is 47.0 Å². The van der Waals surface area contributed by atoms with E-state index < -0.39 is 43.4 Å². The molecule has 1 amide bonds.